The van der Waals surface area contributed by atoms with E-state index in [1.165, 1.54) is 6.08 Å². The Morgan fingerprint density at radius 1 is 1.71 bits per heavy atom. The maximum absolute atomic E-state index is 11.8. The summed E-state index contributed by atoms with van der Waals surface area (Å²) < 4.78 is 0. The van der Waals surface area contributed by atoms with Crippen molar-refractivity contribution >= 4 is 12.0 Å². The molecule has 0 aromatic rings. The number of carboxylic acids is 1. The molecule has 1 heterocycles. The Bertz CT molecular complexity index is 350. The number of carboxylic acid groups (broad SMARTS) is 1. The number of rotatable bonds is 4. The Hall–Kier alpha value is -1.78. The Balaban J connectivity index is 2.55. The van der Waals surface area contributed by atoms with Gasteiger partial charge < -0.3 is 15.3 Å². The SMILES string of the molecule is C=CCC(NC(=O)N1CCC=C(C)C1)C(=O)O. The first-order valence-electron chi connectivity index (χ1n) is 5.59. The standard InChI is InChI=1S/C12H18N2O3/c1-3-5-10(11(15)16)13-12(17)14-7-4-6-9(2)8-14/h3,6,10H,1,4-5,7-8H2,2H3,(H,13,17)(H,15,16). The number of carbonyl (C=O) groups is 2. The molecule has 1 aliphatic rings. The van der Waals surface area contributed by atoms with Gasteiger partial charge in [-0.2, -0.15) is 0 Å². The van der Waals surface area contributed by atoms with Crippen LogP contribution in [0.15, 0.2) is 24.3 Å². The molecular formula is C12H18N2O3. The van der Waals surface area contributed by atoms with Crippen LogP contribution in [0.2, 0.25) is 0 Å². The van der Waals surface area contributed by atoms with E-state index < -0.39 is 12.0 Å². The summed E-state index contributed by atoms with van der Waals surface area (Å²) in [6.45, 7) is 6.62. The van der Waals surface area contributed by atoms with Gasteiger partial charge in [0.15, 0.2) is 0 Å². The molecule has 0 aliphatic carbocycles. The minimum Gasteiger partial charge on any atom is -0.480 e. The first kappa shape index (κ1) is 13.3. The highest BCUT2D eigenvalue weighted by Gasteiger charge is 2.22. The molecule has 0 saturated carbocycles. The topological polar surface area (TPSA) is 69.6 Å². The van der Waals surface area contributed by atoms with E-state index in [1.54, 1.807) is 4.90 Å². The molecule has 2 amide bonds. The summed E-state index contributed by atoms with van der Waals surface area (Å²) in [6.07, 6.45) is 4.62. The van der Waals surface area contributed by atoms with Crippen LogP contribution >= 0.6 is 0 Å². The predicted octanol–water partition coefficient (Wildman–Crippen LogP) is 1.38. The number of aliphatic carboxylic acids is 1. The van der Waals surface area contributed by atoms with Gasteiger partial charge in [-0.15, -0.1) is 6.58 Å². The number of amides is 2. The third-order valence-electron chi connectivity index (χ3n) is 2.62. The van der Waals surface area contributed by atoms with Crippen molar-refractivity contribution in [2.24, 2.45) is 0 Å². The molecule has 0 fully saturated rings. The Labute approximate surface area is 101 Å². The lowest BCUT2D eigenvalue weighted by Crippen LogP contribution is -2.49. The maximum Gasteiger partial charge on any atom is 0.326 e. The molecule has 2 N–H and O–H groups in total. The predicted molar refractivity (Wildman–Crippen MR) is 64.7 cm³/mol. The monoisotopic (exact) mass is 238 g/mol. The van der Waals surface area contributed by atoms with Crippen LogP contribution in [0.1, 0.15) is 19.8 Å². The van der Waals surface area contributed by atoms with Gasteiger partial charge in [0.1, 0.15) is 6.04 Å². The summed E-state index contributed by atoms with van der Waals surface area (Å²) >= 11 is 0. The minimum absolute atomic E-state index is 0.226. The van der Waals surface area contributed by atoms with Crippen LogP contribution in [0.4, 0.5) is 4.79 Å². The third kappa shape index (κ3) is 3.94. The Morgan fingerprint density at radius 3 is 2.94 bits per heavy atom. The smallest absolute Gasteiger partial charge is 0.326 e. The molecule has 5 nitrogen and oxygen atoms in total. The minimum atomic E-state index is -1.04. The summed E-state index contributed by atoms with van der Waals surface area (Å²) in [7, 11) is 0. The van der Waals surface area contributed by atoms with E-state index in [9.17, 15) is 9.59 Å². The first-order chi connectivity index (χ1) is 8.04. The van der Waals surface area contributed by atoms with E-state index >= 15 is 0 Å². The molecule has 0 radical (unpaired) electrons. The second-order valence-corrected chi connectivity index (χ2v) is 4.13. The van der Waals surface area contributed by atoms with Crippen molar-refractivity contribution < 1.29 is 14.7 Å². The van der Waals surface area contributed by atoms with Crippen molar-refractivity contribution in [3.05, 3.63) is 24.3 Å². The van der Waals surface area contributed by atoms with Gasteiger partial charge in [-0.25, -0.2) is 9.59 Å². The van der Waals surface area contributed by atoms with E-state index in [4.69, 9.17) is 5.11 Å². The highest BCUT2D eigenvalue weighted by atomic mass is 16.4. The second-order valence-electron chi connectivity index (χ2n) is 4.13. The Morgan fingerprint density at radius 2 is 2.41 bits per heavy atom. The average Bonchev–Trinajstić information content (AvgIpc) is 2.28. The molecule has 1 rings (SSSR count). The van der Waals surface area contributed by atoms with Crippen molar-refractivity contribution in [3.63, 3.8) is 0 Å². The number of nitrogens with one attached hydrogen (secondary N) is 1. The number of hydrogen-bond donors (Lipinski definition) is 2. The molecule has 1 unspecified atom stereocenters. The fourth-order valence-electron chi connectivity index (χ4n) is 1.71. The maximum atomic E-state index is 11.8. The number of nitrogens with zero attached hydrogens (tertiary/aromatic N) is 1. The zero-order valence-electron chi connectivity index (χ0n) is 9.98. The zero-order chi connectivity index (χ0) is 12.8. The molecule has 1 aliphatic heterocycles. The Kier molecular flexibility index (Phi) is 4.75. The normalized spacial score (nSPS) is 17.0. The van der Waals surface area contributed by atoms with Gasteiger partial charge in [0.25, 0.3) is 0 Å². The van der Waals surface area contributed by atoms with Crippen LogP contribution in [0, 0.1) is 0 Å². The van der Waals surface area contributed by atoms with Crippen LogP contribution in [0.5, 0.6) is 0 Å². The summed E-state index contributed by atoms with van der Waals surface area (Å²) in [4.78, 5) is 24.3. The van der Waals surface area contributed by atoms with Gasteiger partial charge in [0.2, 0.25) is 0 Å². The molecule has 94 valence electrons. The van der Waals surface area contributed by atoms with Crippen LogP contribution in [0.3, 0.4) is 0 Å². The van der Waals surface area contributed by atoms with Crippen molar-refractivity contribution in [2.45, 2.75) is 25.8 Å². The van der Waals surface area contributed by atoms with Crippen LogP contribution in [-0.4, -0.2) is 41.1 Å². The fraction of sp³-hybridized carbons (Fsp3) is 0.500. The second kappa shape index (κ2) is 6.08. The molecule has 0 saturated heterocycles. The largest absolute Gasteiger partial charge is 0.480 e. The zero-order valence-corrected chi connectivity index (χ0v) is 9.98. The van der Waals surface area contributed by atoms with Crippen molar-refractivity contribution in [1.82, 2.24) is 10.2 Å². The van der Waals surface area contributed by atoms with Gasteiger partial charge >= 0.3 is 12.0 Å². The van der Waals surface area contributed by atoms with Gasteiger partial charge in [0, 0.05) is 13.1 Å². The molecule has 5 heteroatoms. The molecule has 0 bridgehead atoms. The summed E-state index contributed by atoms with van der Waals surface area (Å²) in [5, 5.41) is 11.4. The van der Waals surface area contributed by atoms with E-state index in [2.05, 4.69) is 18.0 Å². The molecule has 0 spiro atoms. The molecule has 1 atom stereocenters. The summed E-state index contributed by atoms with van der Waals surface area (Å²) in [6, 6.07) is -1.22. The lowest BCUT2D eigenvalue weighted by Gasteiger charge is -2.27. The van der Waals surface area contributed by atoms with Gasteiger partial charge in [-0.05, 0) is 19.8 Å². The number of carbonyl (C=O) groups excluding carboxylic acids is 1. The number of hydrogen-bond acceptors (Lipinski definition) is 2. The van der Waals surface area contributed by atoms with Crippen LogP contribution in [-0.2, 0) is 4.79 Å². The highest BCUT2D eigenvalue weighted by Crippen LogP contribution is 2.09. The lowest BCUT2D eigenvalue weighted by molar-refractivity contribution is -0.139. The first-order valence-corrected chi connectivity index (χ1v) is 5.59. The lowest BCUT2D eigenvalue weighted by atomic mass is 10.1. The van der Waals surface area contributed by atoms with E-state index in [-0.39, 0.29) is 12.5 Å². The third-order valence-corrected chi connectivity index (χ3v) is 2.62. The summed E-state index contributed by atoms with van der Waals surface area (Å²) in [5.41, 5.74) is 1.13. The average molecular weight is 238 g/mol. The van der Waals surface area contributed by atoms with E-state index in [1.807, 2.05) is 6.92 Å². The van der Waals surface area contributed by atoms with Crippen LogP contribution in [0.25, 0.3) is 0 Å². The molecule has 0 aromatic carbocycles. The van der Waals surface area contributed by atoms with Crippen LogP contribution < -0.4 is 5.32 Å². The fourth-order valence-corrected chi connectivity index (χ4v) is 1.71. The van der Waals surface area contributed by atoms with Gasteiger partial charge in [-0.3, -0.25) is 0 Å². The number of urea groups is 1. The molecule has 0 aromatic heterocycles. The van der Waals surface area contributed by atoms with Crippen molar-refractivity contribution in [2.75, 3.05) is 13.1 Å². The van der Waals surface area contributed by atoms with Gasteiger partial charge in [0.05, 0.1) is 0 Å². The quantitative estimate of drug-likeness (QED) is 0.727. The van der Waals surface area contributed by atoms with Crippen molar-refractivity contribution in [3.8, 4) is 0 Å². The molecular weight excluding hydrogens is 220 g/mol. The van der Waals surface area contributed by atoms with Gasteiger partial charge in [-0.1, -0.05) is 17.7 Å². The van der Waals surface area contributed by atoms with Crippen molar-refractivity contribution in [1.29, 1.82) is 0 Å². The summed E-state index contributed by atoms with van der Waals surface area (Å²) in [5.74, 6) is -1.04. The molecule has 17 heavy (non-hydrogen) atoms. The van der Waals surface area contributed by atoms with E-state index in [0.717, 1.165) is 12.0 Å². The van der Waals surface area contributed by atoms with E-state index in [0.29, 0.717) is 13.1 Å². The highest BCUT2D eigenvalue weighted by molar-refractivity contribution is 5.82.